The number of anilines is 2. The quantitative estimate of drug-likeness (QED) is 0.903. The Balaban J connectivity index is 1.66. The molecule has 25 heavy (non-hydrogen) atoms. The van der Waals surface area contributed by atoms with E-state index in [1.165, 1.54) is 15.9 Å². The van der Waals surface area contributed by atoms with E-state index in [4.69, 9.17) is 11.6 Å². The highest BCUT2D eigenvalue weighted by atomic mass is 35.5. The lowest BCUT2D eigenvalue weighted by molar-refractivity contribution is -0.116. The van der Waals surface area contributed by atoms with Crippen molar-refractivity contribution in [1.29, 1.82) is 0 Å². The fourth-order valence-corrected chi connectivity index (χ4v) is 2.89. The van der Waals surface area contributed by atoms with E-state index >= 15 is 0 Å². The summed E-state index contributed by atoms with van der Waals surface area (Å²) in [6.45, 7) is 2.45. The fourth-order valence-electron chi connectivity index (χ4n) is 2.72. The second-order valence-electron chi connectivity index (χ2n) is 5.81. The molecule has 0 aliphatic carbocycles. The second kappa shape index (κ2) is 7.11. The van der Waals surface area contributed by atoms with Crippen LogP contribution in [-0.4, -0.2) is 36.5 Å². The monoisotopic (exact) mass is 361 g/mol. The number of carbonyl (C=O) groups excluding carboxylic acids is 2. The molecule has 5 nitrogen and oxygen atoms in total. The number of urea groups is 1. The third kappa shape index (κ3) is 3.74. The summed E-state index contributed by atoms with van der Waals surface area (Å²) in [5.74, 6) is -0.786. The summed E-state index contributed by atoms with van der Waals surface area (Å²) in [7, 11) is 0. The van der Waals surface area contributed by atoms with E-state index in [1.54, 1.807) is 36.4 Å². The van der Waals surface area contributed by atoms with Crippen molar-refractivity contribution < 1.29 is 14.0 Å². The highest BCUT2D eigenvalue weighted by Gasteiger charge is 2.32. The molecule has 0 radical (unpaired) electrons. The molecule has 0 bridgehead atoms. The fraction of sp³-hybridized carbons (Fsp3) is 0.222. The summed E-state index contributed by atoms with van der Waals surface area (Å²) in [6, 6.07) is 10.9. The lowest BCUT2D eigenvalue weighted by atomic mass is 10.2. The van der Waals surface area contributed by atoms with Gasteiger partial charge in [0.05, 0.1) is 5.69 Å². The first-order valence-electron chi connectivity index (χ1n) is 7.82. The van der Waals surface area contributed by atoms with E-state index in [2.05, 4.69) is 5.32 Å². The predicted octanol–water partition coefficient (Wildman–Crippen LogP) is 3.67. The molecule has 3 rings (SSSR count). The van der Waals surface area contributed by atoms with Crippen molar-refractivity contribution in [2.45, 2.75) is 6.92 Å². The molecule has 7 heteroatoms. The number of hydrogen-bond donors (Lipinski definition) is 1. The zero-order chi connectivity index (χ0) is 18.0. The van der Waals surface area contributed by atoms with Gasteiger partial charge in [0.2, 0.25) is 5.91 Å². The van der Waals surface area contributed by atoms with Gasteiger partial charge in [-0.1, -0.05) is 29.8 Å². The number of benzene rings is 2. The second-order valence-corrected chi connectivity index (χ2v) is 6.25. The lowest BCUT2D eigenvalue weighted by Crippen LogP contribution is -2.37. The zero-order valence-electron chi connectivity index (χ0n) is 13.6. The predicted molar refractivity (Wildman–Crippen MR) is 95.5 cm³/mol. The van der Waals surface area contributed by atoms with Crippen LogP contribution in [0.15, 0.2) is 42.5 Å². The van der Waals surface area contributed by atoms with Gasteiger partial charge in [0.25, 0.3) is 0 Å². The average Bonchev–Trinajstić information content (AvgIpc) is 2.92. The van der Waals surface area contributed by atoms with Crippen LogP contribution in [0.25, 0.3) is 0 Å². The molecule has 0 spiro atoms. The van der Waals surface area contributed by atoms with Gasteiger partial charge in [-0.2, -0.15) is 0 Å². The maximum absolute atomic E-state index is 13.9. The van der Waals surface area contributed by atoms with Crippen molar-refractivity contribution in [2.24, 2.45) is 0 Å². The van der Waals surface area contributed by atoms with Crippen LogP contribution in [0.1, 0.15) is 5.56 Å². The number of nitrogens with one attached hydrogen (secondary N) is 1. The Bertz CT molecular complexity index is 828. The number of amides is 3. The number of carbonyl (C=O) groups is 2. The van der Waals surface area contributed by atoms with Crippen LogP contribution in [0.2, 0.25) is 5.02 Å². The summed E-state index contributed by atoms with van der Waals surface area (Å²) in [5.41, 5.74) is 1.70. The zero-order valence-corrected chi connectivity index (χ0v) is 14.4. The molecule has 130 valence electrons. The van der Waals surface area contributed by atoms with E-state index in [9.17, 15) is 14.0 Å². The number of rotatable bonds is 4. The Labute approximate surface area is 150 Å². The van der Waals surface area contributed by atoms with E-state index in [-0.39, 0.29) is 24.2 Å². The highest BCUT2D eigenvalue weighted by Crippen LogP contribution is 2.24. The molecule has 0 unspecified atom stereocenters. The van der Waals surface area contributed by atoms with Gasteiger partial charge in [-0.05, 0) is 36.8 Å². The summed E-state index contributed by atoms with van der Waals surface area (Å²) in [6.07, 6.45) is 0. The molecule has 2 aromatic carbocycles. The van der Waals surface area contributed by atoms with Gasteiger partial charge < -0.3 is 10.2 Å². The summed E-state index contributed by atoms with van der Waals surface area (Å²) in [5, 5.41) is 3.27. The van der Waals surface area contributed by atoms with Crippen LogP contribution in [-0.2, 0) is 4.79 Å². The Hall–Kier alpha value is -2.60. The molecule has 2 aromatic rings. The summed E-state index contributed by atoms with van der Waals surface area (Å²) < 4.78 is 13.9. The summed E-state index contributed by atoms with van der Waals surface area (Å²) >= 11 is 5.94. The van der Waals surface area contributed by atoms with Gasteiger partial charge in [-0.25, -0.2) is 9.18 Å². The standard InChI is InChI=1S/C18H17ClFN3O2/c1-12-6-7-13(19)10-15(12)21-17(24)11-22-8-9-23(18(22)25)16-5-3-2-4-14(16)20/h2-7,10H,8-9,11H2,1H3,(H,21,24). The Morgan fingerprint density at radius 1 is 1.24 bits per heavy atom. The smallest absolute Gasteiger partial charge is 0.324 e. The molecule has 1 aliphatic heterocycles. The van der Waals surface area contributed by atoms with Crippen molar-refractivity contribution in [2.75, 3.05) is 29.9 Å². The first-order valence-corrected chi connectivity index (χ1v) is 8.20. The highest BCUT2D eigenvalue weighted by molar-refractivity contribution is 6.31. The first-order chi connectivity index (χ1) is 12.0. The molecule has 1 N–H and O–H groups in total. The van der Waals surface area contributed by atoms with Crippen LogP contribution in [0.5, 0.6) is 0 Å². The van der Waals surface area contributed by atoms with Gasteiger partial charge in [0.15, 0.2) is 0 Å². The van der Waals surface area contributed by atoms with Crippen molar-refractivity contribution in [1.82, 2.24) is 4.90 Å². The van der Waals surface area contributed by atoms with Crippen LogP contribution in [0.3, 0.4) is 0 Å². The van der Waals surface area contributed by atoms with Gasteiger partial charge in [0, 0.05) is 23.8 Å². The van der Waals surface area contributed by atoms with Crippen molar-refractivity contribution in [3.63, 3.8) is 0 Å². The Kier molecular flexibility index (Phi) is 4.90. The average molecular weight is 362 g/mol. The third-order valence-corrected chi connectivity index (χ3v) is 4.28. The third-order valence-electron chi connectivity index (χ3n) is 4.05. The van der Waals surface area contributed by atoms with Gasteiger partial charge in [-0.3, -0.25) is 9.69 Å². The number of para-hydroxylation sites is 1. The molecule has 1 heterocycles. The molecule has 0 atom stereocenters. The molecular weight excluding hydrogens is 345 g/mol. The Morgan fingerprint density at radius 2 is 2.00 bits per heavy atom. The normalized spacial score (nSPS) is 14.1. The minimum absolute atomic E-state index is 0.101. The van der Waals surface area contributed by atoms with E-state index in [0.29, 0.717) is 23.8 Å². The minimum atomic E-state index is -0.461. The van der Waals surface area contributed by atoms with Gasteiger partial charge in [-0.15, -0.1) is 0 Å². The SMILES string of the molecule is Cc1ccc(Cl)cc1NC(=O)CN1CCN(c2ccccc2F)C1=O. The maximum Gasteiger partial charge on any atom is 0.325 e. The number of halogens is 2. The van der Waals surface area contributed by atoms with Crippen LogP contribution < -0.4 is 10.2 Å². The maximum atomic E-state index is 13.9. The number of hydrogen-bond acceptors (Lipinski definition) is 2. The van der Waals surface area contributed by atoms with E-state index in [0.717, 1.165) is 5.56 Å². The van der Waals surface area contributed by atoms with Gasteiger partial charge >= 0.3 is 6.03 Å². The van der Waals surface area contributed by atoms with Crippen LogP contribution >= 0.6 is 11.6 Å². The lowest BCUT2D eigenvalue weighted by Gasteiger charge is -2.19. The molecule has 0 aromatic heterocycles. The molecule has 0 saturated carbocycles. The van der Waals surface area contributed by atoms with E-state index in [1.807, 2.05) is 6.92 Å². The number of aryl methyl sites for hydroxylation is 1. The Morgan fingerprint density at radius 3 is 2.76 bits per heavy atom. The molecular formula is C18H17ClFN3O2. The summed E-state index contributed by atoms with van der Waals surface area (Å²) in [4.78, 5) is 27.4. The van der Waals surface area contributed by atoms with Crippen molar-refractivity contribution in [3.8, 4) is 0 Å². The van der Waals surface area contributed by atoms with Gasteiger partial charge in [0.1, 0.15) is 12.4 Å². The minimum Gasteiger partial charge on any atom is -0.324 e. The van der Waals surface area contributed by atoms with Crippen LogP contribution in [0.4, 0.5) is 20.6 Å². The van der Waals surface area contributed by atoms with Crippen LogP contribution in [0, 0.1) is 12.7 Å². The first kappa shape index (κ1) is 17.2. The molecule has 3 amide bonds. The number of nitrogens with zero attached hydrogens (tertiary/aromatic N) is 2. The van der Waals surface area contributed by atoms with Crippen molar-refractivity contribution in [3.05, 3.63) is 58.9 Å². The largest absolute Gasteiger partial charge is 0.325 e. The molecule has 1 saturated heterocycles. The molecule has 1 fully saturated rings. The van der Waals surface area contributed by atoms with Crippen molar-refractivity contribution >= 4 is 34.9 Å². The topological polar surface area (TPSA) is 52.7 Å². The van der Waals surface area contributed by atoms with E-state index < -0.39 is 5.82 Å². The molecule has 1 aliphatic rings.